The highest BCUT2D eigenvalue weighted by Crippen LogP contribution is 2.34. The lowest BCUT2D eigenvalue weighted by Gasteiger charge is -2.33. The molecule has 0 aliphatic rings. The van der Waals surface area contributed by atoms with E-state index >= 15 is 0 Å². The molecule has 0 aromatic heterocycles. The Balaban J connectivity index is 2.50. The SMILES string of the molecule is CCCCNC(=O)C(CC)N(Cc1ccc(Cl)c(Cl)c1)C(=O)CN(c1ccc(OC)cc1OC)S(C)(=O)=O. The number of carbonyl (C=O) groups is 2. The van der Waals surface area contributed by atoms with Crippen molar-refractivity contribution in [3.8, 4) is 11.5 Å². The van der Waals surface area contributed by atoms with E-state index in [2.05, 4.69) is 5.32 Å². The molecule has 1 unspecified atom stereocenters. The predicted molar refractivity (Wildman–Crippen MR) is 151 cm³/mol. The number of ether oxygens (including phenoxy) is 2. The van der Waals surface area contributed by atoms with Gasteiger partial charge in [0.1, 0.15) is 24.1 Å². The fourth-order valence-electron chi connectivity index (χ4n) is 3.85. The van der Waals surface area contributed by atoms with Crippen LogP contribution in [0.4, 0.5) is 5.69 Å². The van der Waals surface area contributed by atoms with Gasteiger partial charge in [-0.05, 0) is 42.7 Å². The Bertz CT molecular complexity index is 1230. The number of halogens is 2. The lowest BCUT2D eigenvalue weighted by Crippen LogP contribution is -2.52. The average molecular weight is 589 g/mol. The number of nitrogens with zero attached hydrogens (tertiary/aromatic N) is 2. The van der Waals surface area contributed by atoms with Crippen molar-refractivity contribution in [2.24, 2.45) is 0 Å². The van der Waals surface area contributed by atoms with Gasteiger partial charge in [-0.25, -0.2) is 8.42 Å². The molecule has 0 aliphatic carbocycles. The van der Waals surface area contributed by atoms with Gasteiger partial charge in [0, 0.05) is 19.2 Å². The second-order valence-electron chi connectivity index (χ2n) is 8.65. The molecule has 0 saturated carbocycles. The zero-order valence-corrected chi connectivity index (χ0v) is 24.6. The molecule has 1 atom stereocenters. The molecule has 0 heterocycles. The van der Waals surface area contributed by atoms with Crippen LogP contribution in [0.5, 0.6) is 11.5 Å². The van der Waals surface area contributed by atoms with Crippen LogP contribution >= 0.6 is 23.2 Å². The van der Waals surface area contributed by atoms with Crippen molar-refractivity contribution < 1.29 is 27.5 Å². The van der Waals surface area contributed by atoms with E-state index in [-0.39, 0.29) is 23.9 Å². The molecule has 2 rings (SSSR count). The lowest BCUT2D eigenvalue weighted by atomic mass is 10.1. The van der Waals surface area contributed by atoms with Gasteiger partial charge >= 0.3 is 0 Å². The highest BCUT2D eigenvalue weighted by Gasteiger charge is 2.32. The third-order valence-electron chi connectivity index (χ3n) is 5.89. The van der Waals surface area contributed by atoms with Gasteiger partial charge in [0.15, 0.2) is 0 Å². The zero-order valence-electron chi connectivity index (χ0n) is 22.3. The van der Waals surface area contributed by atoms with Crippen LogP contribution in [0.3, 0.4) is 0 Å². The number of unbranched alkanes of at least 4 members (excludes halogenated alkanes) is 1. The first-order valence-electron chi connectivity index (χ1n) is 12.2. The summed E-state index contributed by atoms with van der Waals surface area (Å²) < 4.78 is 37.3. The standard InChI is InChI=1S/C26H35Cl2N3O6S/c1-6-8-13-29-26(33)22(7-2)30(16-18-9-11-20(27)21(28)14-18)25(32)17-31(38(5,34)35)23-12-10-19(36-3)15-24(23)37-4/h9-12,14-15,22H,6-8,13,16-17H2,1-5H3,(H,29,33). The molecule has 9 nitrogen and oxygen atoms in total. The summed E-state index contributed by atoms with van der Waals surface area (Å²) >= 11 is 12.3. The number of amides is 2. The van der Waals surface area contributed by atoms with Crippen molar-refractivity contribution in [2.75, 3.05) is 37.9 Å². The van der Waals surface area contributed by atoms with E-state index in [0.29, 0.717) is 34.3 Å². The Hall–Kier alpha value is -2.69. The summed E-state index contributed by atoms with van der Waals surface area (Å²) in [5, 5.41) is 3.53. The molecule has 1 N–H and O–H groups in total. The Morgan fingerprint density at radius 3 is 2.29 bits per heavy atom. The molecule has 0 radical (unpaired) electrons. The first-order chi connectivity index (χ1) is 18.0. The van der Waals surface area contributed by atoms with Gasteiger partial charge in [-0.2, -0.15) is 0 Å². The zero-order chi connectivity index (χ0) is 28.5. The third-order valence-corrected chi connectivity index (χ3v) is 7.75. The topological polar surface area (TPSA) is 105 Å². The summed E-state index contributed by atoms with van der Waals surface area (Å²) in [5.74, 6) is -0.219. The second-order valence-corrected chi connectivity index (χ2v) is 11.4. The van der Waals surface area contributed by atoms with Crippen LogP contribution in [-0.2, 0) is 26.2 Å². The minimum absolute atomic E-state index is 0.0206. The lowest BCUT2D eigenvalue weighted by molar-refractivity contribution is -0.140. The molecule has 12 heteroatoms. The van der Waals surface area contributed by atoms with Crippen molar-refractivity contribution in [3.63, 3.8) is 0 Å². The number of nitrogens with one attached hydrogen (secondary N) is 1. The summed E-state index contributed by atoms with van der Waals surface area (Å²) in [6.07, 6.45) is 3.01. The Kier molecular flexibility index (Phi) is 12.0. The molecule has 0 fully saturated rings. The molecule has 38 heavy (non-hydrogen) atoms. The smallest absolute Gasteiger partial charge is 0.244 e. The molecule has 0 spiro atoms. The highest BCUT2D eigenvalue weighted by atomic mass is 35.5. The van der Waals surface area contributed by atoms with Crippen LogP contribution in [0.1, 0.15) is 38.7 Å². The van der Waals surface area contributed by atoms with Crippen molar-refractivity contribution in [2.45, 2.75) is 45.7 Å². The molecule has 2 aromatic carbocycles. The van der Waals surface area contributed by atoms with E-state index in [0.717, 1.165) is 23.4 Å². The number of hydrogen-bond acceptors (Lipinski definition) is 6. The van der Waals surface area contributed by atoms with E-state index in [1.165, 1.54) is 31.3 Å². The van der Waals surface area contributed by atoms with Crippen LogP contribution in [0.25, 0.3) is 0 Å². The van der Waals surface area contributed by atoms with Crippen LogP contribution in [0.15, 0.2) is 36.4 Å². The van der Waals surface area contributed by atoms with Crippen molar-refractivity contribution in [1.82, 2.24) is 10.2 Å². The Morgan fingerprint density at radius 2 is 1.74 bits per heavy atom. The van der Waals surface area contributed by atoms with Crippen LogP contribution in [0, 0.1) is 0 Å². The molecule has 0 bridgehead atoms. The maximum atomic E-state index is 13.8. The summed E-state index contributed by atoms with van der Waals surface area (Å²) in [7, 11) is -1.06. The third kappa shape index (κ3) is 8.41. The largest absolute Gasteiger partial charge is 0.497 e. The number of sulfonamides is 1. The minimum Gasteiger partial charge on any atom is -0.497 e. The van der Waals surface area contributed by atoms with Crippen LogP contribution in [0.2, 0.25) is 10.0 Å². The van der Waals surface area contributed by atoms with Crippen molar-refractivity contribution in [1.29, 1.82) is 0 Å². The van der Waals surface area contributed by atoms with Crippen LogP contribution in [-0.4, -0.2) is 64.7 Å². The monoisotopic (exact) mass is 587 g/mol. The molecular formula is C26H35Cl2N3O6S. The van der Waals surface area contributed by atoms with E-state index in [1.807, 2.05) is 6.92 Å². The van der Waals surface area contributed by atoms with E-state index in [4.69, 9.17) is 32.7 Å². The fraction of sp³-hybridized carbons (Fsp3) is 0.462. The molecular weight excluding hydrogens is 553 g/mol. The van der Waals surface area contributed by atoms with Gasteiger partial charge in [0.25, 0.3) is 0 Å². The first-order valence-corrected chi connectivity index (χ1v) is 14.8. The van der Waals surface area contributed by atoms with Crippen molar-refractivity contribution >= 4 is 50.7 Å². The summed E-state index contributed by atoms with van der Waals surface area (Å²) in [6.45, 7) is 3.74. The predicted octanol–water partition coefficient (Wildman–Crippen LogP) is 4.50. The maximum absolute atomic E-state index is 13.8. The minimum atomic E-state index is -3.93. The molecule has 2 amide bonds. The quantitative estimate of drug-likeness (QED) is 0.326. The normalized spacial score (nSPS) is 12.0. The number of carbonyl (C=O) groups excluding carboxylic acids is 2. The average Bonchev–Trinajstić information content (AvgIpc) is 2.88. The van der Waals surface area contributed by atoms with E-state index in [9.17, 15) is 18.0 Å². The van der Waals surface area contributed by atoms with Gasteiger partial charge in [0.2, 0.25) is 21.8 Å². The fourth-order valence-corrected chi connectivity index (χ4v) is 5.02. The maximum Gasteiger partial charge on any atom is 0.244 e. The number of hydrogen-bond donors (Lipinski definition) is 1. The van der Waals surface area contributed by atoms with Gasteiger partial charge in [0.05, 0.1) is 36.2 Å². The Morgan fingerprint density at radius 1 is 1.03 bits per heavy atom. The second kappa shape index (κ2) is 14.5. The number of benzene rings is 2. The number of rotatable bonds is 14. The van der Waals surface area contributed by atoms with Gasteiger partial charge < -0.3 is 19.7 Å². The van der Waals surface area contributed by atoms with Crippen LogP contribution < -0.4 is 19.1 Å². The van der Waals surface area contributed by atoms with E-state index in [1.54, 1.807) is 31.2 Å². The molecule has 2 aromatic rings. The van der Waals surface area contributed by atoms with Crippen molar-refractivity contribution in [3.05, 3.63) is 52.0 Å². The molecule has 210 valence electrons. The Labute approximate surface area is 235 Å². The number of anilines is 1. The summed E-state index contributed by atoms with van der Waals surface area (Å²) in [6, 6.07) is 8.70. The highest BCUT2D eigenvalue weighted by molar-refractivity contribution is 7.92. The van der Waals surface area contributed by atoms with Gasteiger partial charge in [-0.3, -0.25) is 13.9 Å². The summed E-state index contributed by atoms with van der Waals surface area (Å²) in [4.78, 5) is 28.3. The summed E-state index contributed by atoms with van der Waals surface area (Å²) in [5.41, 5.74) is 0.805. The molecule has 0 saturated heterocycles. The van der Waals surface area contributed by atoms with E-state index < -0.39 is 28.5 Å². The first kappa shape index (κ1) is 31.5. The van der Waals surface area contributed by atoms with Gasteiger partial charge in [-0.1, -0.05) is 49.5 Å². The number of methoxy groups -OCH3 is 2. The molecule has 0 aliphatic heterocycles. The van der Waals surface area contributed by atoms with Gasteiger partial charge in [-0.15, -0.1) is 0 Å².